The standard InChI is InChI=1S/C23H20ClNO2S/c24-20-13-15-21(16-14-20)28(26,27)25(17-18-7-2-1-3-8-18)23-12-6-10-19-9-4-5-11-22(19)23/h1-5,7-9,11-16H,6,10,17H2. The SMILES string of the molecule is O=S(=O)(c1ccc(Cl)cc1)N(Cc1ccccc1)C1=CCCc2ccccc21. The first-order valence-electron chi connectivity index (χ1n) is 9.16. The van der Waals surface area contributed by atoms with Gasteiger partial charge in [-0.05, 0) is 48.2 Å². The summed E-state index contributed by atoms with van der Waals surface area (Å²) in [5.41, 5.74) is 3.82. The van der Waals surface area contributed by atoms with Crippen LogP contribution in [-0.4, -0.2) is 12.7 Å². The molecule has 0 aromatic heterocycles. The van der Waals surface area contributed by atoms with Gasteiger partial charge in [-0.15, -0.1) is 0 Å². The van der Waals surface area contributed by atoms with Crippen LogP contribution in [0.4, 0.5) is 0 Å². The van der Waals surface area contributed by atoms with Crippen molar-refractivity contribution in [3.05, 3.63) is 107 Å². The van der Waals surface area contributed by atoms with E-state index in [-0.39, 0.29) is 11.4 Å². The molecule has 0 unspecified atom stereocenters. The number of hydrogen-bond donors (Lipinski definition) is 0. The van der Waals surface area contributed by atoms with Gasteiger partial charge in [0.05, 0.1) is 17.1 Å². The maximum atomic E-state index is 13.6. The average molecular weight is 410 g/mol. The lowest BCUT2D eigenvalue weighted by atomic mass is 9.94. The van der Waals surface area contributed by atoms with Crippen LogP contribution in [0.15, 0.2) is 89.8 Å². The third-order valence-corrected chi connectivity index (χ3v) is 6.91. The predicted molar refractivity (Wildman–Crippen MR) is 113 cm³/mol. The van der Waals surface area contributed by atoms with Crippen molar-refractivity contribution in [2.45, 2.75) is 24.3 Å². The first-order valence-corrected chi connectivity index (χ1v) is 11.0. The summed E-state index contributed by atoms with van der Waals surface area (Å²) in [5, 5.41) is 0.510. The van der Waals surface area contributed by atoms with Crippen LogP contribution in [0.2, 0.25) is 5.02 Å². The molecule has 1 aliphatic rings. The van der Waals surface area contributed by atoms with Crippen molar-refractivity contribution < 1.29 is 8.42 Å². The molecule has 0 radical (unpaired) electrons. The third kappa shape index (κ3) is 3.71. The maximum Gasteiger partial charge on any atom is 0.264 e. The van der Waals surface area contributed by atoms with E-state index in [9.17, 15) is 8.42 Å². The first kappa shape index (κ1) is 18.8. The Balaban J connectivity index is 1.83. The van der Waals surface area contributed by atoms with Crippen molar-refractivity contribution in [3.8, 4) is 0 Å². The molecular weight excluding hydrogens is 390 g/mol. The zero-order valence-corrected chi connectivity index (χ0v) is 16.8. The van der Waals surface area contributed by atoms with Crippen LogP contribution >= 0.6 is 11.6 Å². The molecule has 5 heteroatoms. The molecule has 3 aromatic rings. The van der Waals surface area contributed by atoms with Gasteiger partial charge in [-0.3, -0.25) is 4.31 Å². The van der Waals surface area contributed by atoms with E-state index in [0.29, 0.717) is 5.02 Å². The van der Waals surface area contributed by atoms with Crippen LogP contribution in [0, 0.1) is 0 Å². The molecule has 0 atom stereocenters. The molecule has 0 bridgehead atoms. The van der Waals surface area contributed by atoms with E-state index in [1.165, 1.54) is 9.87 Å². The number of sulfonamides is 1. The van der Waals surface area contributed by atoms with E-state index < -0.39 is 10.0 Å². The molecule has 0 saturated heterocycles. The Labute approximate surface area is 170 Å². The highest BCUT2D eigenvalue weighted by Crippen LogP contribution is 2.34. The number of nitrogens with zero attached hydrogens (tertiary/aromatic N) is 1. The highest BCUT2D eigenvalue weighted by Gasteiger charge is 2.29. The van der Waals surface area contributed by atoms with Gasteiger partial charge in [-0.25, -0.2) is 8.42 Å². The number of aryl methyl sites for hydroxylation is 1. The van der Waals surface area contributed by atoms with Crippen LogP contribution in [0.5, 0.6) is 0 Å². The molecule has 0 fully saturated rings. The topological polar surface area (TPSA) is 37.4 Å². The molecule has 28 heavy (non-hydrogen) atoms. The van der Waals surface area contributed by atoms with Gasteiger partial charge in [0.1, 0.15) is 0 Å². The number of benzene rings is 3. The zero-order valence-electron chi connectivity index (χ0n) is 15.3. The van der Waals surface area contributed by atoms with Gasteiger partial charge in [0.15, 0.2) is 0 Å². The summed E-state index contributed by atoms with van der Waals surface area (Å²) in [6, 6.07) is 24.0. The van der Waals surface area contributed by atoms with Gasteiger partial charge >= 0.3 is 0 Å². The van der Waals surface area contributed by atoms with Gasteiger partial charge in [0.2, 0.25) is 0 Å². The highest BCUT2D eigenvalue weighted by atomic mass is 35.5. The average Bonchev–Trinajstić information content (AvgIpc) is 2.73. The Bertz CT molecular complexity index is 1110. The predicted octanol–water partition coefficient (Wildman–Crippen LogP) is 5.52. The third-order valence-electron chi connectivity index (χ3n) is 4.88. The van der Waals surface area contributed by atoms with E-state index in [0.717, 1.165) is 29.7 Å². The lowest BCUT2D eigenvalue weighted by Gasteiger charge is -2.30. The van der Waals surface area contributed by atoms with Crippen molar-refractivity contribution in [3.63, 3.8) is 0 Å². The number of fused-ring (bicyclic) bond motifs is 1. The summed E-state index contributed by atoms with van der Waals surface area (Å²) >= 11 is 5.97. The van der Waals surface area contributed by atoms with Crippen molar-refractivity contribution in [1.29, 1.82) is 0 Å². The number of rotatable bonds is 5. The molecule has 0 spiro atoms. The molecule has 0 amide bonds. The molecule has 1 aliphatic carbocycles. The molecular formula is C23H20ClNO2S. The normalized spacial score (nSPS) is 13.5. The smallest absolute Gasteiger partial charge is 0.262 e. The highest BCUT2D eigenvalue weighted by molar-refractivity contribution is 7.89. The summed E-state index contributed by atoms with van der Waals surface area (Å²) in [7, 11) is -3.75. The summed E-state index contributed by atoms with van der Waals surface area (Å²) in [4.78, 5) is 0.233. The van der Waals surface area contributed by atoms with Gasteiger partial charge in [-0.2, -0.15) is 0 Å². The van der Waals surface area contributed by atoms with E-state index >= 15 is 0 Å². The zero-order chi connectivity index (χ0) is 19.6. The summed E-state index contributed by atoms with van der Waals surface area (Å²) < 4.78 is 28.7. The van der Waals surface area contributed by atoms with Crippen molar-refractivity contribution in [1.82, 2.24) is 4.31 Å². The second-order valence-corrected chi connectivity index (χ2v) is 9.04. The fourth-order valence-electron chi connectivity index (χ4n) is 3.48. The molecule has 142 valence electrons. The molecule has 0 N–H and O–H groups in total. The van der Waals surface area contributed by atoms with Crippen molar-refractivity contribution in [2.75, 3.05) is 0 Å². The van der Waals surface area contributed by atoms with Crippen LogP contribution in [-0.2, 0) is 23.0 Å². The van der Waals surface area contributed by atoms with E-state index in [4.69, 9.17) is 11.6 Å². The maximum absolute atomic E-state index is 13.6. The van der Waals surface area contributed by atoms with E-state index in [1.807, 2.05) is 54.6 Å². The lowest BCUT2D eigenvalue weighted by molar-refractivity contribution is 0.505. The Morgan fingerprint density at radius 3 is 2.29 bits per heavy atom. The lowest BCUT2D eigenvalue weighted by Crippen LogP contribution is -2.30. The minimum absolute atomic E-state index is 0.233. The molecule has 3 nitrogen and oxygen atoms in total. The summed E-state index contributed by atoms with van der Waals surface area (Å²) in [5.74, 6) is 0. The quantitative estimate of drug-likeness (QED) is 0.556. The molecule has 0 saturated carbocycles. The Morgan fingerprint density at radius 1 is 0.857 bits per heavy atom. The number of hydrogen-bond acceptors (Lipinski definition) is 2. The fraction of sp³-hybridized carbons (Fsp3) is 0.130. The Morgan fingerprint density at radius 2 is 1.54 bits per heavy atom. The summed E-state index contributed by atoms with van der Waals surface area (Å²) in [6.45, 7) is 0.270. The monoisotopic (exact) mass is 409 g/mol. The second-order valence-electron chi connectivity index (χ2n) is 6.74. The first-order chi connectivity index (χ1) is 13.6. The minimum atomic E-state index is -3.75. The van der Waals surface area contributed by atoms with Gasteiger partial charge < -0.3 is 0 Å². The van der Waals surface area contributed by atoms with Crippen LogP contribution in [0.3, 0.4) is 0 Å². The van der Waals surface area contributed by atoms with Gasteiger partial charge in [0.25, 0.3) is 10.0 Å². The Kier molecular flexibility index (Phi) is 5.25. The summed E-state index contributed by atoms with van der Waals surface area (Å²) in [6.07, 6.45) is 3.76. The van der Waals surface area contributed by atoms with Crippen molar-refractivity contribution in [2.24, 2.45) is 0 Å². The van der Waals surface area contributed by atoms with E-state index in [1.54, 1.807) is 24.3 Å². The number of halogens is 1. The largest absolute Gasteiger partial charge is 0.264 e. The van der Waals surface area contributed by atoms with Gasteiger partial charge in [0, 0.05) is 10.6 Å². The van der Waals surface area contributed by atoms with Gasteiger partial charge in [-0.1, -0.05) is 72.3 Å². The molecule has 4 rings (SSSR count). The fourth-order valence-corrected chi connectivity index (χ4v) is 5.09. The number of allylic oxidation sites excluding steroid dienone is 1. The molecule has 0 heterocycles. The van der Waals surface area contributed by atoms with E-state index in [2.05, 4.69) is 6.07 Å². The second kappa shape index (κ2) is 7.82. The van der Waals surface area contributed by atoms with Crippen LogP contribution < -0.4 is 0 Å². The minimum Gasteiger partial charge on any atom is -0.262 e. The Hall–Kier alpha value is -2.56. The molecule has 3 aromatic carbocycles. The van der Waals surface area contributed by atoms with Crippen molar-refractivity contribution >= 4 is 27.3 Å². The molecule has 0 aliphatic heterocycles. The van der Waals surface area contributed by atoms with Crippen LogP contribution in [0.1, 0.15) is 23.1 Å². The van der Waals surface area contributed by atoms with Crippen LogP contribution in [0.25, 0.3) is 5.70 Å².